The molecule has 0 saturated heterocycles. The summed E-state index contributed by atoms with van der Waals surface area (Å²) in [5, 5.41) is 0. The summed E-state index contributed by atoms with van der Waals surface area (Å²) in [6, 6.07) is 6.28. The van der Waals surface area contributed by atoms with Crippen LogP contribution in [0.15, 0.2) is 18.2 Å². The molecule has 0 aromatic heterocycles. The lowest BCUT2D eigenvalue weighted by Gasteiger charge is -2.26. The van der Waals surface area contributed by atoms with Crippen molar-refractivity contribution in [2.24, 2.45) is 0 Å². The van der Waals surface area contributed by atoms with E-state index in [-0.39, 0.29) is 0 Å². The summed E-state index contributed by atoms with van der Waals surface area (Å²) in [7, 11) is 2.07. The van der Waals surface area contributed by atoms with Crippen molar-refractivity contribution in [1.29, 1.82) is 0 Å². The van der Waals surface area contributed by atoms with Crippen molar-refractivity contribution in [2.45, 2.75) is 26.3 Å². The molecule has 1 aromatic carbocycles. The molecule has 0 fully saturated rings. The first-order valence-corrected chi connectivity index (χ1v) is 4.94. The average Bonchev–Trinajstić information content (AvgIpc) is 2.20. The Morgan fingerprint density at radius 1 is 1.29 bits per heavy atom. The molecule has 78 valence electrons. The third kappa shape index (κ3) is 2.10. The molecule has 0 aliphatic rings. The Bertz CT molecular complexity index is 309. The second-order valence-corrected chi connectivity index (χ2v) is 3.68. The third-order valence-electron chi connectivity index (χ3n) is 2.73. The van der Waals surface area contributed by atoms with Crippen LogP contribution in [0.3, 0.4) is 0 Å². The van der Waals surface area contributed by atoms with Gasteiger partial charge in [-0.2, -0.15) is 0 Å². The number of hydrogen-bond donors (Lipinski definition) is 2. The lowest BCUT2D eigenvalue weighted by Crippen LogP contribution is -2.27. The van der Waals surface area contributed by atoms with E-state index in [4.69, 9.17) is 11.5 Å². The summed E-state index contributed by atoms with van der Waals surface area (Å²) in [6.45, 7) is 4.36. The summed E-state index contributed by atoms with van der Waals surface area (Å²) >= 11 is 0. The lowest BCUT2D eigenvalue weighted by atomic mass is 10.2. The third-order valence-corrected chi connectivity index (χ3v) is 2.73. The monoisotopic (exact) mass is 193 g/mol. The van der Waals surface area contributed by atoms with Crippen molar-refractivity contribution in [3.05, 3.63) is 18.2 Å². The maximum absolute atomic E-state index is 5.75. The summed E-state index contributed by atoms with van der Waals surface area (Å²) < 4.78 is 0. The van der Waals surface area contributed by atoms with Gasteiger partial charge in [0.25, 0.3) is 0 Å². The minimum Gasteiger partial charge on any atom is -0.397 e. The highest BCUT2D eigenvalue weighted by Crippen LogP contribution is 2.23. The zero-order valence-corrected chi connectivity index (χ0v) is 9.12. The van der Waals surface area contributed by atoms with Crippen LogP contribution in [0.2, 0.25) is 0 Å². The van der Waals surface area contributed by atoms with E-state index in [1.54, 1.807) is 0 Å². The molecule has 0 heterocycles. The van der Waals surface area contributed by atoms with Crippen molar-refractivity contribution in [2.75, 3.05) is 23.4 Å². The maximum atomic E-state index is 5.75. The van der Waals surface area contributed by atoms with Crippen LogP contribution in [-0.2, 0) is 0 Å². The van der Waals surface area contributed by atoms with Gasteiger partial charge in [0.2, 0.25) is 0 Å². The molecule has 3 nitrogen and oxygen atoms in total. The van der Waals surface area contributed by atoms with E-state index < -0.39 is 0 Å². The lowest BCUT2D eigenvalue weighted by molar-refractivity contribution is 0.664. The fourth-order valence-corrected chi connectivity index (χ4v) is 1.31. The molecule has 0 spiro atoms. The zero-order valence-electron chi connectivity index (χ0n) is 9.12. The predicted octanol–water partition coefficient (Wildman–Crippen LogP) is 2.09. The van der Waals surface area contributed by atoms with Gasteiger partial charge >= 0.3 is 0 Å². The summed E-state index contributed by atoms with van der Waals surface area (Å²) in [5.41, 5.74) is 13.8. The number of benzene rings is 1. The van der Waals surface area contributed by atoms with E-state index in [9.17, 15) is 0 Å². The minimum absolute atomic E-state index is 0.512. The van der Waals surface area contributed by atoms with Crippen LogP contribution < -0.4 is 16.4 Å². The predicted molar refractivity (Wildman–Crippen MR) is 63.4 cm³/mol. The molecule has 0 amide bonds. The Kier molecular flexibility index (Phi) is 3.23. The van der Waals surface area contributed by atoms with Gasteiger partial charge in [-0.1, -0.05) is 6.92 Å². The number of nitrogen functional groups attached to an aromatic ring is 2. The standard InChI is InChI=1S/C11H19N3/c1-4-8(2)14(3)9-5-6-10(12)11(13)7-9/h5-8H,4,12-13H2,1-3H3. The summed E-state index contributed by atoms with van der Waals surface area (Å²) in [5.74, 6) is 0. The Hall–Kier alpha value is -1.38. The Balaban J connectivity index is 2.91. The quantitative estimate of drug-likeness (QED) is 0.723. The number of nitrogens with zero attached hydrogens (tertiary/aromatic N) is 1. The van der Waals surface area contributed by atoms with Gasteiger partial charge in [0.15, 0.2) is 0 Å². The molecule has 1 unspecified atom stereocenters. The van der Waals surface area contributed by atoms with Gasteiger partial charge in [0.05, 0.1) is 11.4 Å². The van der Waals surface area contributed by atoms with E-state index in [0.29, 0.717) is 17.4 Å². The maximum Gasteiger partial charge on any atom is 0.0568 e. The molecule has 4 N–H and O–H groups in total. The summed E-state index contributed by atoms with van der Waals surface area (Å²) in [6.07, 6.45) is 1.11. The Morgan fingerprint density at radius 2 is 1.93 bits per heavy atom. The number of hydrogen-bond acceptors (Lipinski definition) is 3. The van der Waals surface area contributed by atoms with Crippen molar-refractivity contribution < 1.29 is 0 Å². The highest BCUT2D eigenvalue weighted by atomic mass is 15.1. The van der Waals surface area contributed by atoms with Crippen LogP contribution in [0.4, 0.5) is 17.1 Å². The second kappa shape index (κ2) is 4.22. The zero-order chi connectivity index (χ0) is 10.7. The van der Waals surface area contributed by atoms with Crippen LogP contribution in [0.25, 0.3) is 0 Å². The van der Waals surface area contributed by atoms with Crippen molar-refractivity contribution in [3.8, 4) is 0 Å². The summed E-state index contributed by atoms with van der Waals surface area (Å²) in [4.78, 5) is 2.20. The van der Waals surface area contributed by atoms with Crippen molar-refractivity contribution in [3.63, 3.8) is 0 Å². The van der Waals surface area contributed by atoms with Crippen LogP contribution in [0.1, 0.15) is 20.3 Å². The first-order valence-electron chi connectivity index (χ1n) is 4.94. The van der Waals surface area contributed by atoms with E-state index >= 15 is 0 Å². The van der Waals surface area contributed by atoms with Crippen LogP contribution in [0, 0.1) is 0 Å². The molecule has 1 rings (SSSR count). The van der Waals surface area contributed by atoms with Gasteiger partial charge in [0.1, 0.15) is 0 Å². The largest absolute Gasteiger partial charge is 0.397 e. The number of nitrogens with two attached hydrogens (primary N) is 2. The van der Waals surface area contributed by atoms with E-state index in [2.05, 4.69) is 25.8 Å². The SMILES string of the molecule is CCC(C)N(C)c1ccc(N)c(N)c1. The van der Waals surface area contributed by atoms with E-state index in [1.165, 1.54) is 0 Å². The average molecular weight is 193 g/mol. The van der Waals surface area contributed by atoms with Gasteiger partial charge < -0.3 is 16.4 Å². The van der Waals surface area contributed by atoms with Gasteiger partial charge in [0, 0.05) is 18.8 Å². The molecule has 1 atom stereocenters. The first-order chi connectivity index (χ1) is 6.56. The van der Waals surface area contributed by atoms with Gasteiger partial charge in [-0.15, -0.1) is 0 Å². The highest BCUT2D eigenvalue weighted by molar-refractivity contribution is 5.69. The van der Waals surface area contributed by atoms with Crippen LogP contribution in [-0.4, -0.2) is 13.1 Å². The molecular formula is C11H19N3. The fourth-order valence-electron chi connectivity index (χ4n) is 1.31. The minimum atomic E-state index is 0.512. The number of anilines is 3. The van der Waals surface area contributed by atoms with E-state index in [0.717, 1.165) is 12.1 Å². The molecular weight excluding hydrogens is 174 g/mol. The smallest absolute Gasteiger partial charge is 0.0568 e. The Labute approximate surface area is 85.7 Å². The highest BCUT2D eigenvalue weighted by Gasteiger charge is 2.08. The Morgan fingerprint density at radius 3 is 2.43 bits per heavy atom. The topological polar surface area (TPSA) is 55.3 Å². The molecule has 14 heavy (non-hydrogen) atoms. The molecule has 0 aliphatic heterocycles. The molecule has 1 aromatic rings. The van der Waals surface area contributed by atoms with Crippen molar-refractivity contribution in [1.82, 2.24) is 0 Å². The van der Waals surface area contributed by atoms with Crippen molar-refractivity contribution >= 4 is 17.1 Å². The van der Waals surface area contributed by atoms with Gasteiger partial charge in [-0.25, -0.2) is 0 Å². The first kappa shape index (κ1) is 10.7. The molecule has 0 saturated carbocycles. The molecule has 0 bridgehead atoms. The molecule has 0 radical (unpaired) electrons. The molecule has 0 aliphatic carbocycles. The normalized spacial score (nSPS) is 12.5. The van der Waals surface area contributed by atoms with E-state index in [1.807, 2.05) is 18.2 Å². The molecule has 3 heteroatoms. The van der Waals surface area contributed by atoms with Crippen LogP contribution >= 0.6 is 0 Å². The number of rotatable bonds is 3. The van der Waals surface area contributed by atoms with Gasteiger partial charge in [-0.3, -0.25) is 0 Å². The fraction of sp³-hybridized carbons (Fsp3) is 0.455. The van der Waals surface area contributed by atoms with Crippen LogP contribution in [0.5, 0.6) is 0 Å². The van der Waals surface area contributed by atoms with Gasteiger partial charge in [-0.05, 0) is 31.5 Å². The second-order valence-electron chi connectivity index (χ2n) is 3.68.